The summed E-state index contributed by atoms with van der Waals surface area (Å²) in [6.07, 6.45) is 4.77. The first-order valence-electron chi connectivity index (χ1n) is 8.63. The molecule has 1 atom stereocenters. The summed E-state index contributed by atoms with van der Waals surface area (Å²) in [4.78, 5) is 36.5. The second-order valence-corrected chi connectivity index (χ2v) is 6.68. The van der Waals surface area contributed by atoms with Crippen LogP contribution in [0.4, 0.5) is 5.69 Å². The Kier molecular flexibility index (Phi) is 4.58. The van der Waals surface area contributed by atoms with Gasteiger partial charge in [0.15, 0.2) is 0 Å². The van der Waals surface area contributed by atoms with E-state index in [9.17, 15) is 9.59 Å². The van der Waals surface area contributed by atoms with Gasteiger partial charge in [0.25, 0.3) is 11.8 Å². The van der Waals surface area contributed by atoms with Crippen molar-refractivity contribution >= 4 is 17.5 Å². The maximum Gasteiger partial charge on any atom is 0.293 e. The van der Waals surface area contributed by atoms with Gasteiger partial charge in [-0.3, -0.25) is 19.3 Å². The lowest BCUT2D eigenvalue weighted by atomic mass is 10.0. The van der Waals surface area contributed by atoms with E-state index in [1.807, 2.05) is 6.07 Å². The maximum atomic E-state index is 12.8. The smallest absolute Gasteiger partial charge is 0.293 e. The van der Waals surface area contributed by atoms with E-state index in [4.69, 9.17) is 9.47 Å². The molecule has 0 radical (unpaired) electrons. The van der Waals surface area contributed by atoms with Crippen LogP contribution >= 0.6 is 0 Å². The van der Waals surface area contributed by atoms with Gasteiger partial charge in [-0.25, -0.2) is 4.98 Å². The van der Waals surface area contributed by atoms with Crippen LogP contribution < -0.4 is 4.90 Å². The molecule has 0 saturated carbocycles. The summed E-state index contributed by atoms with van der Waals surface area (Å²) in [5, 5.41) is 4.08. The van der Waals surface area contributed by atoms with E-state index >= 15 is 0 Å². The van der Waals surface area contributed by atoms with Crippen LogP contribution in [-0.4, -0.2) is 81.5 Å². The van der Waals surface area contributed by atoms with Crippen LogP contribution in [0.25, 0.3) is 0 Å². The Balaban J connectivity index is 1.57. The van der Waals surface area contributed by atoms with Crippen molar-refractivity contribution in [2.75, 3.05) is 44.4 Å². The zero-order valence-electron chi connectivity index (χ0n) is 14.9. The second-order valence-electron chi connectivity index (χ2n) is 6.68. The molecule has 142 valence electrons. The third-order valence-corrected chi connectivity index (χ3v) is 4.63. The molecule has 4 heterocycles. The van der Waals surface area contributed by atoms with Crippen LogP contribution in [0.3, 0.4) is 0 Å². The number of aromatic nitrogens is 4. The Hall–Kier alpha value is -2.85. The first-order valence-corrected chi connectivity index (χ1v) is 8.63. The Bertz CT molecular complexity index is 841. The fourth-order valence-corrected chi connectivity index (χ4v) is 3.30. The third-order valence-electron chi connectivity index (χ3n) is 4.63. The molecular weight excluding hydrogens is 352 g/mol. The van der Waals surface area contributed by atoms with E-state index in [1.54, 1.807) is 35.3 Å². The molecule has 0 aromatic carbocycles. The van der Waals surface area contributed by atoms with Crippen molar-refractivity contribution in [1.82, 2.24) is 24.6 Å². The summed E-state index contributed by atoms with van der Waals surface area (Å²) in [5.74, 6) is -0.304. The Morgan fingerprint density at radius 3 is 2.96 bits per heavy atom. The van der Waals surface area contributed by atoms with E-state index in [-0.39, 0.29) is 43.9 Å². The highest BCUT2D eigenvalue weighted by Crippen LogP contribution is 2.27. The molecule has 2 aromatic rings. The van der Waals surface area contributed by atoms with Crippen LogP contribution in [-0.2, 0) is 21.3 Å². The number of anilines is 1. The largest absolute Gasteiger partial charge is 0.376 e. The average Bonchev–Trinajstić information content (AvgIpc) is 3.02. The number of rotatable bonds is 2. The molecule has 10 nitrogen and oxygen atoms in total. The highest BCUT2D eigenvalue weighted by atomic mass is 16.6. The van der Waals surface area contributed by atoms with Crippen molar-refractivity contribution in [2.24, 2.45) is 7.05 Å². The van der Waals surface area contributed by atoms with Crippen LogP contribution in [0.15, 0.2) is 30.9 Å². The van der Waals surface area contributed by atoms with Gasteiger partial charge in [0.05, 0.1) is 38.2 Å². The summed E-state index contributed by atoms with van der Waals surface area (Å²) in [6, 6.07) is 3.60. The minimum absolute atomic E-state index is 0.0812. The molecule has 0 bridgehead atoms. The molecule has 1 spiro atoms. The monoisotopic (exact) mass is 372 g/mol. The van der Waals surface area contributed by atoms with E-state index in [1.165, 1.54) is 11.0 Å². The van der Waals surface area contributed by atoms with Gasteiger partial charge in [-0.1, -0.05) is 0 Å². The number of nitrogens with zero attached hydrogens (tertiary/aromatic N) is 6. The fraction of sp³-hybridized carbons (Fsp3) is 0.471. The van der Waals surface area contributed by atoms with Crippen LogP contribution in [0.5, 0.6) is 0 Å². The van der Waals surface area contributed by atoms with Gasteiger partial charge in [-0.05, 0) is 12.1 Å². The lowest BCUT2D eigenvalue weighted by Gasteiger charge is -2.42. The minimum atomic E-state index is -0.815. The zero-order chi connectivity index (χ0) is 18.9. The molecule has 10 heteroatoms. The van der Waals surface area contributed by atoms with Crippen molar-refractivity contribution in [3.63, 3.8) is 0 Å². The molecule has 2 aromatic heterocycles. The molecule has 2 amide bonds. The van der Waals surface area contributed by atoms with E-state index in [0.29, 0.717) is 18.8 Å². The predicted molar refractivity (Wildman–Crippen MR) is 93.0 cm³/mol. The van der Waals surface area contributed by atoms with Crippen molar-refractivity contribution < 1.29 is 19.1 Å². The van der Waals surface area contributed by atoms with Gasteiger partial charge in [0.1, 0.15) is 18.5 Å². The highest BCUT2D eigenvalue weighted by molar-refractivity contribution is 5.95. The van der Waals surface area contributed by atoms with Gasteiger partial charge in [0.2, 0.25) is 5.82 Å². The van der Waals surface area contributed by atoms with Gasteiger partial charge in [-0.2, -0.15) is 0 Å². The van der Waals surface area contributed by atoms with E-state index in [0.717, 1.165) is 0 Å². The van der Waals surface area contributed by atoms with Gasteiger partial charge >= 0.3 is 0 Å². The fourth-order valence-electron chi connectivity index (χ4n) is 3.30. The van der Waals surface area contributed by atoms with Crippen molar-refractivity contribution in [2.45, 2.75) is 5.60 Å². The van der Waals surface area contributed by atoms with Crippen LogP contribution in [0.2, 0.25) is 0 Å². The summed E-state index contributed by atoms with van der Waals surface area (Å²) in [5.41, 5.74) is -0.122. The number of carbonyl (C=O) groups is 2. The van der Waals surface area contributed by atoms with Crippen LogP contribution in [0, 0.1) is 0 Å². The molecule has 27 heavy (non-hydrogen) atoms. The molecule has 0 N–H and O–H groups in total. The number of morpholine rings is 1. The van der Waals surface area contributed by atoms with Crippen LogP contribution in [0.1, 0.15) is 10.6 Å². The molecule has 2 aliphatic heterocycles. The quantitative estimate of drug-likeness (QED) is 0.699. The number of hydrogen-bond acceptors (Lipinski definition) is 7. The normalized spacial score (nSPS) is 23.5. The van der Waals surface area contributed by atoms with Gasteiger partial charge in [-0.15, -0.1) is 5.10 Å². The number of hydrogen-bond donors (Lipinski definition) is 0. The summed E-state index contributed by atoms with van der Waals surface area (Å²) in [7, 11) is 1.71. The Morgan fingerprint density at radius 2 is 2.22 bits per heavy atom. The van der Waals surface area contributed by atoms with Crippen molar-refractivity contribution in [1.29, 1.82) is 0 Å². The summed E-state index contributed by atoms with van der Waals surface area (Å²) < 4.78 is 13.1. The summed E-state index contributed by atoms with van der Waals surface area (Å²) >= 11 is 0. The molecule has 2 saturated heterocycles. The highest BCUT2D eigenvalue weighted by Gasteiger charge is 2.44. The first-order chi connectivity index (χ1) is 13.1. The molecule has 2 aliphatic rings. The Morgan fingerprint density at radius 1 is 1.33 bits per heavy atom. The zero-order valence-corrected chi connectivity index (χ0v) is 14.9. The molecule has 2 fully saturated rings. The lowest BCUT2D eigenvalue weighted by molar-refractivity contribution is -0.145. The SMILES string of the molecule is Cn1cnc(C(=O)N2CCOCC3(C2)CN(c2cccnc2)C(=O)CO3)n1. The molecule has 1 unspecified atom stereocenters. The van der Waals surface area contributed by atoms with Crippen molar-refractivity contribution in [3.8, 4) is 0 Å². The third kappa shape index (κ3) is 3.53. The number of aryl methyl sites for hydroxylation is 1. The lowest BCUT2D eigenvalue weighted by Crippen LogP contribution is -2.61. The predicted octanol–water partition coefficient (Wildman–Crippen LogP) is -0.515. The van der Waals surface area contributed by atoms with Gasteiger partial charge in [0, 0.05) is 19.8 Å². The molecular formula is C17H20N6O4. The van der Waals surface area contributed by atoms with Gasteiger partial charge < -0.3 is 19.3 Å². The number of ether oxygens (including phenoxy) is 2. The minimum Gasteiger partial charge on any atom is -0.376 e. The van der Waals surface area contributed by atoms with Crippen molar-refractivity contribution in [3.05, 3.63) is 36.7 Å². The number of pyridine rings is 1. The summed E-state index contributed by atoms with van der Waals surface area (Å²) in [6.45, 7) is 1.55. The number of carbonyl (C=O) groups excluding carboxylic acids is 2. The molecule has 0 aliphatic carbocycles. The topological polar surface area (TPSA) is 103 Å². The average molecular weight is 372 g/mol. The first kappa shape index (κ1) is 17.6. The standard InChI is InChI=1S/C17H20N6O4/c1-21-12-19-15(20-21)16(25)22-5-6-26-11-17(9-22)10-23(14(24)8-27-17)13-3-2-4-18-7-13/h2-4,7,12H,5-6,8-11H2,1H3. The molecule has 4 rings (SSSR count). The number of amides is 2. The second kappa shape index (κ2) is 7.05. The Labute approximate surface area is 155 Å². The van der Waals surface area contributed by atoms with E-state index in [2.05, 4.69) is 15.1 Å². The maximum absolute atomic E-state index is 12.8. The van der Waals surface area contributed by atoms with E-state index < -0.39 is 5.60 Å².